The molecule has 0 fully saturated rings. The van der Waals surface area contributed by atoms with Crippen LogP contribution in [0, 0.1) is 0 Å². The van der Waals surface area contributed by atoms with Crippen molar-refractivity contribution >= 4 is 39.5 Å². The molecule has 0 bridgehead atoms. The van der Waals surface area contributed by atoms with E-state index in [1.165, 1.54) is 32.1 Å². The Balaban J connectivity index is 1.13. The Morgan fingerprint density at radius 3 is 2.10 bits per heavy atom. The van der Waals surface area contributed by atoms with Gasteiger partial charge in [0.25, 0.3) is 0 Å². The Morgan fingerprint density at radius 1 is 0.800 bits per heavy atom. The Labute approximate surface area is 238 Å². The standard InChI is InChI=1S/C33H42N4O3/c1-24(2)32(38)40-23-12-10-8-6-5-7-9-11-22-39-26-18-16-25(17-19-26)36-37-28-20-21-30-31-27(28)14-13-15-29(31)34-33(3,4)35-30/h13-21,34-35H,1,5-12,22-23H2,2-4H3/b37-36+. The fourth-order valence-corrected chi connectivity index (χ4v) is 4.85. The summed E-state index contributed by atoms with van der Waals surface area (Å²) in [6, 6.07) is 18.1. The molecule has 0 unspecified atom stereocenters. The summed E-state index contributed by atoms with van der Waals surface area (Å²) in [4.78, 5) is 11.3. The van der Waals surface area contributed by atoms with Crippen molar-refractivity contribution < 1.29 is 14.3 Å². The number of unbranched alkanes of at least 4 members (excludes halogenated alkanes) is 7. The molecule has 2 N–H and O–H groups in total. The van der Waals surface area contributed by atoms with Crippen molar-refractivity contribution in [3.05, 3.63) is 66.7 Å². The molecule has 7 nitrogen and oxygen atoms in total. The van der Waals surface area contributed by atoms with Gasteiger partial charge in [-0.25, -0.2) is 4.79 Å². The van der Waals surface area contributed by atoms with Crippen LogP contribution in [-0.4, -0.2) is 24.8 Å². The molecule has 0 amide bonds. The fourth-order valence-electron chi connectivity index (χ4n) is 4.85. The molecule has 3 aromatic carbocycles. The third-order valence-electron chi connectivity index (χ3n) is 6.91. The Bertz CT molecular complexity index is 1320. The molecule has 0 aliphatic carbocycles. The van der Waals surface area contributed by atoms with E-state index in [-0.39, 0.29) is 11.6 Å². The lowest BCUT2D eigenvalue weighted by Crippen LogP contribution is -2.41. The maximum absolute atomic E-state index is 11.3. The summed E-state index contributed by atoms with van der Waals surface area (Å²) >= 11 is 0. The first kappa shape index (κ1) is 29.1. The van der Waals surface area contributed by atoms with E-state index in [0.717, 1.165) is 58.5 Å². The first-order chi connectivity index (χ1) is 19.3. The number of nitrogens with one attached hydrogen (secondary N) is 2. The van der Waals surface area contributed by atoms with Gasteiger partial charge in [0, 0.05) is 27.7 Å². The summed E-state index contributed by atoms with van der Waals surface area (Å²) in [7, 11) is 0. The minimum atomic E-state index is -0.288. The molecule has 3 aromatic rings. The van der Waals surface area contributed by atoms with Crippen molar-refractivity contribution in [2.45, 2.75) is 77.8 Å². The fraction of sp³-hybridized carbons (Fsp3) is 0.424. The summed E-state index contributed by atoms with van der Waals surface area (Å²) in [5, 5.41) is 18.3. The van der Waals surface area contributed by atoms with E-state index in [0.29, 0.717) is 18.8 Å². The van der Waals surface area contributed by atoms with Crippen molar-refractivity contribution in [3.63, 3.8) is 0 Å². The van der Waals surface area contributed by atoms with Crippen molar-refractivity contribution in [1.29, 1.82) is 0 Å². The lowest BCUT2D eigenvalue weighted by atomic mass is 10.00. The smallest absolute Gasteiger partial charge is 0.333 e. The highest BCUT2D eigenvalue weighted by Gasteiger charge is 2.25. The van der Waals surface area contributed by atoms with Crippen LogP contribution in [0.1, 0.15) is 72.1 Å². The third kappa shape index (κ3) is 8.31. The Morgan fingerprint density at radius 2 is 1.43 bits per heavy atom. The predicted octanol–water partition coefficient (Wildman–Crippen LogP) is 9.45. The van der Waals surface area contributed by atoms with Crippen LogP contribution in [0.2, 0.25) is 0 Å². The second-order valence-electron chi connectivity index (χ2n) is 11.0. The molecular weight excluding hydrogens is 500 g/mol. The van der Waals surface area contributed by atoms with Crippen molar-refractivity contribution in [3.8, 4) is 5.75 Å². The predicted molar refractivity (Wildman–Crippen MR) is 164 cm³/mol. The van der Waals surface area contributed by atoms with Crippen LogP contribution in [0.3, 0.4) is 0 Å². The number of azo groups is 1. The van der Waals surface area contributed by atoms with E-state index in [4.69, 9.17) is 9.47 Å². The normalized spacial score (nSPS) is 13.6. The third-order valence-corrected chi connectivity index (χ3v) is 6.91. The van der Waals surface area contributed by atoms with Crippen LogP contribution in [0.4, 0.5) is 22.7 Å². The summed E-state index contributed by atoms with van der Waals surface area (Å²) in [5.41, 5.74) is 4.09. The largest absolute Gasteiger partial charge is 0.494 e. The van der Waals surface area contributed by atoms with E-state index < -0.39 is 0 Å². The monoisotopic (exact) mass is 542 g/mol. The molecule has 1 heterocycles. The van der Waals surface area contributed by atoms with Crippen LogP contribution in [0.25, 0.3) is 10.8 Å². The SMILES string of the molecule is C=C(C)C(=O)OCCCCCCCCCCOc1ccc(/N=N/c2ccc3c4c(cccc24)NC(C)(C)N3)cc1. The van der Waals surface area contributed by atoms with E-state index >= 15 is 0 Å². The van der Waals surface area contributed by atoms with Gasteiger partial charge >= 0.3 is 5.97 Å². The maximum Gasteiger partial charge on any atom is 0.333 e. The van der Waals surface area contributed by atoms with Crippen LogP contribution in [-0.2, 0) is 9.53 Å². The number of nitrogens with zero attached hydrogens (tertiary/aromatic N) is 2. The van der Waals surface area contributed by atoms with E-state index in [2.05, 4.69) is 65.6 Å². The number of carbonyl (C=O) groups is 1. The zero-order chi connectivity index (χ0) is 28.4. The van der Waals surface area contributed by atoms with Gasteiger partial charge in [0.1, 0.15) is 11.4 Å². The van der Waals surface area contributed by atoms with Gasteiger partial charge < -0.3 is 20.1 Å². The molecule has 1 aliphatic rings. The zero-order valence-electron chi connectivity index (χ0n) is 24.1. The molecule has 0 spiro atoms. The highest BCUT2D eigenvalue weighted by Crippen LogP contribution is 2.41. The lowest BCUT2D eigenvalue weighted by molar-refractivity contribution is -0.139. The van der Waals surface area contributed by atoms with Gasteiger partial charge in [-0.15, -0.1) is 5.11 Å². The summed E-state index contributed by atoms with van der Waals surface area (Å²) in [6.07, 6.45) is 9.08. The molecule has 0 aromatic heterocycles. The van der Waals surface area contributed by atoms with Crippen molar-refractivity contribution in [2.75, 3.05) is 23.8 Å². The quantitative estimate of drug-likeness (QED) is 0.0864. The number of hydrogen-bond donors (Lipinski definition) is 2. The van der Waals surface area contributed by atoms with Gasteiger partial charge in [-0.2, -0.15) is 5.11 Å². The van der Waals surface area contributed by atoms with E-state index in [9.17, 15) is 4.79 Å². The van der Waals surface area contributed by atoms with Crippen LogP contribution >= 0.6 is 0 Å². The number of hydrogen-bond acceptors (Lipinski definition) is 7. The molecule has 1 aliphatic heterocycles. The molecular formula is C33H42N4O3. The minimum Gasteiger partial charge on any atom is -0.494 e. The number of benzene rings is 3. The second kappa shape index (κ2) is 14.0. The van der Waals surface area contributed by atoms with Gasteiger partial charge in [-0.3, -0.25) is 0 Å². The van der Waals surface area contributed by atoms with Gasteiger partial charge in [-0.1, -0.05) is 57.2 Å². The molecule has 0 atom stereocenters. The first-order valence-electron chi connectivity index (χ1n) is 14.4. The van der Waals surface area contributed by atoms with Crippen molar-refractivity contribution in [1.82, 2.24) is 0 Å². The van der Waals surface area contributed by atoms with Gasteiger partial charge in [0.15, 0.2) is 0 Å². The Kier molecular flexibility index (Phi) is 10.2. The van der Waals surface area contributed by atoms with Gasteiger partial charge in [0.2, 0.25) is 0 Å². The van der Waals surface area contributed by atoms with Gasteiger partial charge in [0.05, 0.1) is 24.6 Å². The van der Waals surface area contributed by atoms with Crippen LogP contribution in [0.15, 0.2) is 77.0 Å². The summed E-state index contributed by atoms with van der Waals surface area (Å²) in [5.74, 6) is 0.566. The molecule has 0 saturated heterocycles. The minimum absolute atomic E-state index is 0.208. The molecule has 40 heavy (non-hydrogen) atoms. The number of carbonyl (C=O) groups excluding carboxylic acids is 1. The molecule has 0 saturated carbocycles. The average Bonchev–Trinajstić information content (AvgIpc) is 2.93. The number of esters is 1. The molecule has 212 valence electrons. The molecule has 4 rings (SSSR count). The molecule has 7 heteroatoms. The zero-order valence-corrected chi connectivity index (χ0v) is 24.1. The van der Waals surface area contributed by atoms with Crippen LogP contribution in [0.5, 0.6) is 5.75 Å². The summed E-state index contributed by atoms with van der Waals surface area (Å²) < 4.78 is 11.0. The molecule has 0 radical (unpaired) electrons. The van der Waals surface area contributed by atoms with E-state index in [1.54, 1.807) is 6.92 Å². The topological polar surface area (TPSA) is 84.3 Å². The van der Waals surface area contributed by atoms with E-state index in [1.807, 2.05) is 30.3 Å². The lowest BCUT2D eigenvalue weighted by Gasteiger charge is -2.36. The Hall–Kier alpha value is -3.87. The van der Waals surface area contributed by atoms with Crippen LogP contribution < -0.4 is 15.4 Å². The average molecular weight is 543 g/mol. The second-order valence-corrected chi connectivity index (χ2v) is 11.0. The maximum atomic E-state index is 11.3. The van der Waals surface area contributed by atoms with Gasteiger partial charge in [-0.05, 0) is 76.1 Å². The number of anilines is 2. The number of rotatable bonds is 15. The highest BCUT2D eigenvalue weighted by molar-refractivity contribution is 6.09. The van der Waals surface area contributed by atoms with Crippen molar-refractivity contribution in [2.24, 2.45) is 10.2 Å². The first-order valence-corrected chi connectivity index (χ1v) is 14.4. The number of ether oxygens (including phenoxy) is 2. The highest BCUT2D eigenvalue weighted by atomic mass is 16.5. The summed E-state index contributed by atoms with van der Waals surface area (Å²) in [6.45, 7) is 10.7.